The fourth-order valence-electron chi connectivity index (χ4n) is 1.70. The van der Waals surface area contributed by atoms with E-state index in [4.69, 9.17) is 51.7 Å². The largest absolute Gasteiger partial charge is 0.382 e. The Morgan fingerprint density at radius 2 is 1.52 bits per heavy atom. The Balaban J connectivity index is 2.11. The van der Waals surface area contributed by atoms with Crippen molar-refractivity contribution < 1.29 is 9.59 Å². The lowest BCUT2D eigenvalue weighted by molar-refractivity contribution is 0.0964. The first-order valence-corrected chi connectivity index (χ1v) is 7.57. The summed E-state index contributed by atoms with van der Waals surface area (Å²) in [7, 11) is 0. The number of aromatic nitrogens is 2. The molecule has 0 saturated heterocycles. The number of rotatable bonds is 2. The Morgan fingerprint density at radius 3 is 2.12 bits per heavy atom. The van der Waals surface area contributed by atoms with Crippen LogP contribution in [0.15, 0.2) is 18.2 Å². The molecule has 1 aromatic heterocycles. The number of hydrogen-bond donors (Lipinski definition) is 5. The molecule has 0 atom stereocenters. The highest BCUT2D eigenvalue weighted by Crippen LogP contribution is 2.23. The number of nitrogens with one attached hydrogen (secondary N) is 3. The first-order valence-electron chi connectivity index (χ1n) is 6.44. The third-order valence-corrected chi connectivity index (χ3v) is 3.69. The molecule has 12 heteroatoms. The van der Waals surface area contributed by atoms with Gasteiger partial charge in [-0.3, -0.25) is 25.6 Å². The van der Waals surface area contributed by atoms with Gasteiger partial charge in [-0.1, -0.05) is 40.9 Å². The molecule has 0 radical (unpaired) electrons. The molecule has 0 spiro atoms. The highest BCUT2D eigenvalue weighted by atomic mass is 35.5. The minimum atomic E-state index is -0.914. The number of carbonyl (C=O) groups excluding carboxylic acids is 2. The third kappa shape index (κ3) is 4.27. The van der Waals surface area contributed by atoms with Crippen molar-refractivity contribution in [3.8, 4) is 0 Å². The molecule has 9 nitrogen and oxygen atoms in total. The number of hydrogen-bond acceptors (Lipinski definition) is 7. The Labute approximate surface area is 156 Å². The quantitative estimate of drug-likeness (QED) is 0.379. The van der Waals surface area contributed by atoms with E-state index >= 15 is 0 Å². The molecule has 2 amide bonds. The SMILES string of the molecule is N=C(NC(=O)c1nc(Cl)c(N)nc1N)NC(=O)c1c(Cl)cccc1Cl. The molecule has 0 bridgehead atoms. The zero-order valence-electron chi connectivity index (χ0n) is 12.2. The Kier molecular flexibility index (Phi) is 5.62. The van der Waals surface area contributed by atoms with Crippen molar-refractivity contribution >= 4 is 64.2 Å². The lowest BCUT2D eigenvalue weighted by Gasteiger charge is -2.11. The molecule has 0 aliphatic heterocycles. The van der Waals surface area contributed by atoms with Crippen LogP contribution in [-0.4, -0.2) is 27.7 Å². The number of nitrogens with zero attached hydrogens (tertiary/aromatic N) is 2. The summed E-state index contributed by atoms with van der Waals surface area (Å²) in [6.45, 7) is 0. The van der Waals surface area contributed by atoms with E-state index in [0.717, 1.165) is 0 Å². The molecule has 0 unspecified atom stereocenters. The van der Waals surface area contributed by atoms with Gasteiger partial charge in [0.2, 0.25) is 5.96 Å². The van der Waals surface area contributed by atoms with Crippen LogP contribution in [0.5, 0.6) is 0 Å². The van der Waals surface area contributed by atoms with Crippen LogP contribution in [0, 0.1) is 5.41 Å². The van der Waals surface area contributed by atoms with Crippen molar-refractivity contribution in [3.63, 3.8) is 0 Å². The van der Waals surface area contributed by atoms with Crippen LogP contribution in [-0.2, 0) is 0 Å². The van der Waals surface area contributed by atoms with E-state index in [1.54, 1.807) is 6.07 Å². The summed E-state index contributed by atoms with van der Waals surface area (Å²) < 4.78 is 0. The molecule has 130 valence electrons. The predicted octanol–water partition coefficient (Wildman–Crippen LogP) is 1.70. The summed E-state index contributed by atoms with van der Waals surface area (Å²) in [6.07, 6.45) is 0. The van der Waals surface area contributed by atoms with Crippen LogP contribution in [0.2, 0.25) is 15.2 Å². The summed E-state index contributed by atoms with van der Waals surface area (Å²) in [4.78, 5) is 31.5. The first-order chi connectivity index (χ1) is 11.7. The van der Waals surface area contributed by atoms with Crippen LogP contribution in [0.3, 0.4) is 0 Å². The van der Waals surface area contributed by atoms with Gasteiger partial charge in [-0.2, -0.15) is 0 Å². The molecule has 0 fully saturated rings. The predicted molar refractivity (Wildman–Crippen MR) is 95.0 cm³/mol. The number of nitrogen functional groups attached to an aromatic ring is 2. The Bertz CT molecular complexity index is 868. The van der Waals surface area contributed by atoms with Crippen molar-refractivity contribution in [2.75, 3.05) is 11.5 Å². The maximum Gasteiger partial charge on any atom is 0.280 e. The molecule has 0 aliphatic carbocycles. The smallest absolute Gasteiger partial charge is 0.280 e. The van der Waals surface area contributed by atoms with E-state index < -0.39 is 17.8 Å². The van der Waals surface area contributed by atoms with Crippen molar-refractivity contribution in [1.82, 2.24) is 20.6 Å². The normalized spacial score (nSPS) is 10.2. The molecule has 0 aliphatic rings. The molecule has 2 aromatic rings. The maximum atomic E-state index is 12.1. The second kappa shape index (κ2) is 7.51. The van der Waals surface area contributed by atoms with Crippen molar-refractivity contribution in [2.45, 2.75) is 0 Å². The molecular formula is C13H10Cl3N7O2. The van der Waals surface area contributed by atoms with Gasteiger partial charge < -0.3 is 11.5 Å². The second-order valence-electron chi connectivity index (χ2n) is 4.51. The van der Waals surface area contributed by atoms with Gasteiger partial charge in [0.05, 0.1) is 15.6 Å². The van der Waals surface area contributed by atoms with Crippen molar-refractivity contribution in [1.29, 1.82) is 5.41 Å². The molecular weight excluding hydrogens is 393 g/mol. The zero-order chi connectivity index (χ0) is 18.7. The third-order valence-electron chi connectivity index (χ3n) is 2.79. The summed E-state index contributed by atoms with van der Waals surface area (Å²) in [5, 5.41) is 11.8. The van der Waals surface area contributed by atoms with Gasteiger partial charge in [-0.05, 0) is 12.1 Å². The monoisotopic (exact) mass is 401 g/mol. The average molecular weight is 403 g/mol. The van der Waals surface area contributed by atoms with Crippen LogP contribution < -0.4 is 22.1 Å². The van der Waals surface area contributed by atoms with Crippen LogP contribution in [0.25, 0.3) is 0 Å². The Hall–Kier alpha value is -2.62. The van der Waals surface area contributed by atoms with Gasteiger partial charge in [-0.25, -0.2) is 9.97 Å². The molecule has 2 rings (SSSR count). The molecule has 0 saturated carbocycles. The topological polar surface area (TPSA) is 160 Å². The molecule has 1 aromatic carbocycles. The van der Waals surface area contributed by atoms with E-state index in [1.807, 2.05) is 0 Å². The number of halogens is 3. The minimum Gasteiger partial charge on any atom is -0.382 e. The summed E-state index contributed by atoms with van der Waals surface area (Å²) in [5.41, 5.74) is 10.5. The number of amides is 2. The van der Waals surface area contributed by atoms with Gasteiger partial charge in [0.15, 0.2) is 22.5 Å². The van der Waals surface area contributed by atoms with E-state index in [0.29, 0.717) is 0 Å². The second-order valence-corrected chi connectivity index (χ2v) is 5.69. The minimum absolute atomic E-state index is 0.0420. The zero-order valence-corrected chi connectivity index (χ0v) is 14.5. The Morgan fingerprint density at radius 1 is 0.960 bits per heavy atom. The van der Waals surface area contributed by atoms with Crippen LogP contribution in [0.1, 0.15) is 20.8 Å². The summed E-state index contributed by atoms with van der Waals surface area (Å²) in [6, 6.07) is 4.47. The van der Waals surface area contributed by atoms with Crippen molar-refractivity contribution in [2.24, 2.45) is 0 Å². The van der Waals surface area contributed by atoms with Gasteiger partial charge in [-0.15, -0.1) is 0 Å². The number of guanidine groups is 1. The van der Waals surface area contributed by atoms with Gasteiger partial charge >= 0.3 is 0 Å². The van der Waals surface area contributed by atoms with Crippen LogP contribution >= 0.6 is 34.8 Å². The first kappa shape index (κ1) is 18.7. The molecule has 7 N–H and O–H groups in total. The van der Waals surface area contributed by atoms with Gasteiger partial charge in [0.1, 0.15) is 0 Å². The number of benzene rings is 1. The van der Waals surface area contributed by atoms with Gasteiger partial charge in [0.25, 0.3) is 11.8 Å². The van der Waals surface area contributed by atoms with Gasteiger partial charge in [0, 0.05) is 0 Å². The van der Waals surface area contributed by atoms with Crippen molar-refractivity contribution in [3.05, 3.63) is 44.7 Å². The lowest BCUT2D eigenvalue weighted by atomic mass is 10.2. The fourth-order valence-corrected chi connectivity index (χ4v) is 2.40. The van der Waals surface area contributed by atoms with E-state index in [1.165, 1.54) is 12.1 Å². The van der Waals surface area contributed by atoms with Crippen LogP contribution in [0.4, 0.5) is 11.6 Å². The fraction of sp³-hybridized carbons (Fsp3) is 0. The highest BCUT2D eigenvalue weighted by molar-refractivity contribution is 6.40. The summed E-state index contributed by atoms with van der Waals surface area (Å²) >= 11 is 17.5. The van der Waals surface area contributed by atoms with E-state index in [9.17, 15) is 9.59 Å². The standard InChI is InChI=1S/C13H10Cl3N7O2/c14-4-2-1-3-5(15)6(4)11(24)22-13(19)23-12(25)7-9(17)21-10(18)8(16)20-7/h1-3H,(H4,17,18,21)(H3,19,22,23,24,25). The van der Waals surface area contributed by atoms with E-state index in [2.05, 4.69) is 20.6 Å². The number of nitrogens with two attached hydrogens (primary N) is 2. The number of carbonyl (C=O) groups is 2. The highest BCUT2D eigenvalue weighted by Gasteiger charge is 2.20. The molecule has 25 heavy (non-hydrogen) atoms. The number of anilines is 2. The van der Waals surface area contributed by atoms with E-state index in [-0.39, 0.29) is 38.1 Å². The summed E-state index contributed by atoms with van der Waals surface area (Å²) in [5.74, 6) is -2.78. The lowest BCUT2D eigenvalue weighted by Crippen LogP contribution is -2.43. The maximum absolute atomic E-state index is 12.1. The molecule has 1 heterocycles. The average Bonchev–Trinajstić information content (AvgIpc) is 2.50.